The molecule has 0 N–H and O–H groups in total. The molecule has 1 aliphatic heterocycles. The standard InChI is InChI=1S/C22H33NO4/c1-4-6-7-8-16-26-21(25)27-19-11-9-10-18(17-19)22(20(24)5-2)12-14-23(3)15-13-22/h9-11,17H,4-8,12-16H2,1-3H3. The lowest BCUT2D eigenvalue weighted by Crippen LogP contribution is -2.46. The average molecular weight is 376 g/mol. The summed E-state index contributed by atoms with van der Waals surface area (Å²) in [5.74, 6) is 0.694. The van der Waals surface area contributed by atoms with Crippen LogP contribution in [0, 0.1) is 0 Å². The number of carbonyl (C=O) groups excluding carboxylic acids is 2. The fourth-order valence-electron chi connectivity index (χ4n) is 3.73. The van der Waals surface area contributed by atoms with E-state index in [1.807, 2.05) is 25.1 Å². The molecular weight excluding hydrogens is 342 g/mol. The van der Waals surface area contributed by atoms with Crippen molar-refractivity contribution in [3.05, 3.63) is 29.8 Å². The number of Topliss-reactive ketones (excluding diaryl/α,β-unsaturated/α-hetero) is 1. The van der Waals surface area contributed by atoms with E-state index in [1.165, 1.54) is 0 Å². The Balaban J connectivity index is 2.04. The fraction of sp³-hybridized carbons (Fsp3) is 0.636. The molecule has 1 fully saturated rings. The maximum atomic E-state index is 12.8. The van der Waals surface area contributed by atoms with Gasteiger partial charge >= 0.3 is 6.16 Å². The van der Waals surface area contributed by atoms with Gasteiger partial charge in [0, 0.05) is 6.42 Å². The van der Waals surface area contributed by atoms with Crippen molar-refractivity contribution in [1.82, 2.24) is 4.90 Å². The molecule has 150 valence electrons. The summed E-state index contributed by atoms with van der Waals surface area (Å²) in [6.07, 6.45) is 5.61. The normalized spacial score (nSPS) is 16.7. The van der Waals surface area contributed by atoms with Gasteiger partial charge in [0.25, 0.3) is 0 Å². The molecule has 0 bridgehead atoms. The maximum absolute atomic E-state index is 12.8. The van der Waals surface area contributed by atoms with Gasteiger partial charge in [0.05, 0.1) is 12.0 Å². The van der Waals surface area contributed by atoms with E-state index in [-0.39, 0.29) is 5.78 Å². The van der Waals surface area contributed by atoms with Crippen molar-refractivity contribution in [3.8, 4) is 5.75 Å². The molecule has 1 saturated heterocycles. The van der Waals surface area contributed by atoms with E-state index in [0.29, 0.717) is 18.8 Å². The van der Waals surface area contributed by atoms with Gasteiger partial charge in [-0.2, -0.15) is 0 Å². The molecule has 0 saturated carbocycles. The second-order valence-corrected chi connectivity index (χ2v) is 7.45. The second-order valence-electron chi connectivity index (χ2n) is 7.45. The predicted molar refractivity (Wildman–Crippen MR) is 106 cm³/mol. The number of benzene rings is 1. The van der Waals surface area contributed by atoms with E-state index in [1.54, 1.807) is 6.07 Å². The van der Waals surface area contributed by atoms with E-state index in [0.717, 1.165) is 57.2 Å². The van der Waals surface area contributed by atoms with Gasteiger partial charge in [0.1, 0.15) is 11.5 Å². The molecule has 5 nitrogen and oxygen atoms in total. The number of ketones is 1. The van der Waals surface area contributed by atoms with Gasteiger partial charge in [-0.3, -0.25) is 4.79 Å². The van der Waals surface area contributed by atoms with Crippen molar-refractivity contribution in [1.29, 1.82) is 0 Å². The Morgan fingerprint density at radius 1 is 1.11 bits per heavy atom. The summed E-state index contributed by atoms with van der Waals surface area (Å²) in [6.45, 7) is 6.21. The minimum absolute atomic E-state index is 0.256. The zero-order valence-corrected chi connectivity index (χ0v) is 17.0. The summed E-state index contributed by atoms with van der Waals surface area (Å²) in [7, 11) is 2.08. The Morgan fingerprint density at radius 2 is 1.85 bits per heavy atom. The maximum Gasteiger partial charge on any atom is 0.513 e. The molecule has 1 aromatic carbocycles. The monoisotopic (exact) mass is 375 g/mol. The molecule has 0 aromatic heterocycles. The van der Waals surface area contributed by atoms with Gasteiger partial charge in [-0.25, -0.2) is 4.79 Å². The number of likely N-dealkylation sites (tertiary alicyclic amines) is 1. The minimum Gasteiger partial charge on any atom is -0.434 e. The first-order valence-electron chi connectivity index (χ1n) is 10.2. The summed E-state index contributed by atoms with van der Waals surface area (Å²) < 4.78 is 10.5. The Morgan fingerprint density at radius 3 is 2.52 bits per heavy atom. The first-order chi connectivity index (χ1) is 13.0. The highest BCUT2D eigenvalue weighted by molar-refractivity contribution is 5.90. The van der Waals surface area contributed by atoms with Crippen LogP contribution in [0.1, 0.15) is 64.4 Å². The largest absolute Gasteiger partial charge is 0.513 e. The van der Waals surface area contributed by atoms with Crippen molar-refractivity contribution in [2.45, 2.75) is 64.2 Å². The third kappa shape index (κ3) is 5.80. The van der Waals surface area contributed by atoms with Crippen LogP contribution in [-0.4, -0.2) is 43.6 Å². The topological polar surface area (TPSA) is 55.8 Å². The average Bonchev–Trinajstić information content (AvgIpc) is 2.68. The Labute approximate surface area is 163 Å². The number of piperidine rings is 1. The lowest BCUT2D eigenvalue weighted by atomic mass is 9.69. The van der Waals surface area contributed by atoms with Crippen LogP contribution < -0.4 is 4.74 Å². The summed E-state index contributed by atoms with van der Waals surface area (Å²) >= 11 is 0. The third-order valence-corrected chi connectivity index (χ3v) is 5.50. The van der Waals surface area contributed by atoms with E-state index in [9.17, 15) is 9.59 Å². The number of ether oxygens (including phenoxy) is 2. The third-order valence-electron chi connectivity index (χ3n) is 5.50. The second kappa shape index (κ2) is 10.5. The van der Waals surface area contributed by atoms with Crippen LogP contribution in [0.3, 0.4) is 0 Å². The van der Waals surface area contributed by atoms with Gasteiger partial charge in [0.2, 0.25) is 0 Å². The summed E-state index contributed by atoms with van der Waals surface area (Å²) in [6, 6.07) is 7.39. The molecule has 1 heterocycles. The van der Waals surface area contributed by atoms with Gasteiger partial charge in [-0.05, 0) is 57.1 Å². The molecule has 0 amide bonds. The molecule has 0 atom stereocenters. The number of rotatable bonds is 9. The molecule has 27 heavy (non-hydrogen) atoms. The lowest BCUT2D eigenvalue weighted by molar-refractivity contribution is -0.126. The highest BCUT2D eigenvalue weighted by atomic mass is 16.7. The molecule has 2 rings (SSSR count). The van der Waals surface area contributed by atoms with E-state index < -0.39 is 11.6 Å². The molecule has 5 heteroatoms. The first-order valence-corrected chi connectivity index (χ1v) is 10.2. The molecule has 1 aliphatic rings. The highest BCUT2D eigenvalue weighted by Crippen LogP contribution is 2.38. The van der Waals surface area contributed by atoms with E-state index >= 15 is 0 Å². The van der Waals surface area contributed by atoms with Crippen LogP contribution in [0.5, 0.6) is 5.75 Å². The first kappa shape index (κ1) is 21.4. The lowest BCUT2D eigenvalue weighted by Gasteiger charge is -2.40. The number of nitrogens with zero attached hydrogens (tertiary/aromatic N) is 1. The Kier molecular flexibility index (Phi) is 8.29. The SMILES string of the molecule is CCCCCCOC(=O)Oc1cccc(C2(C(=O)CC)CCN(C)CC2)c1. The summed E-state index contributed by atoms with van der Waals surface area (Å²) in [5.41, 5.74) is 0.459. The van der Waals surface area contributed by atoms with Gasteiger partial charge in [-0.1, -0.05) is 45.2 Å². The molecule has 0 radical (unpaired) electrons. The summed E-state index contributed by atoms with van der Waals surface area (Å²) in [5, 5.41) is 0. The zero-order valence-electron chi connectivity index (χ0n) is 17.0. The van der Waals surface area contributed by atoms with E-state index in [4.69, 9.17) is 9.47 Å². The van der Waals surface area contributed by atoms with Crippen molar-refractivity contribution in [2.75, 3.05) is 26.7 Å². The molecule has 0 aliphatic carbocycles. The van der Waals surface area contributed by atoms with Crippen molar-refractivity contribution in [2.24, 2.45) is 0 Å². The van der Waals surface area contributed by atoms with Crippen molar-refractivity contribution < 1.29 is 19.1 Å². The smallest absolute Gasteiger partial charge is 0.434 e. The zero-order chi connectivity index (χ0) is 19.7. The number of hydrogen-bond donors (Lipinski definition) is 0. The van der Waals surface area contributed by atoms with Gasteiger partial charge in [0.15, 0.2) is 0 Å². The predicted octanol–water partition coefficient (Wildman–Crippen LogP) is 4.72. The number of hydrogen-bond acceptors (Lipinski definition) is 5. The fourth-order valence-corrected chi connectivity index (χ4v) is 3.73. The molecule has 1 aromatic rings. The van der Waals surface area contributed by atoms with Gasteiger partial charge in [-0.15, -0.1) is 0 Å². The van der Waals surface area contributed by atoms with Crippen LogP contribution in [0.25, 0.3) is 0 Å². The van der Waals surface area contributed by atoms with Crippen LogP contribution in [0.4, 0.5) is 4.79 Å². The molecular formula is C22H33NO4. The van der Waals surface area contributed by atoms with Crippen molar-refractivity contribution in [3.63, 3.8) is 0 Å². The highest BCUT2D eigenvalue weighted by Gasteiger charge is 2.41. The van der Waals surface area contributed by atoms with Crippen LogP contribution in [-0.2, 0) is 14.9 Å². The van der Waals surface area contributed by atoms with Crippen LogP contribution in [0.15, 0.2) is 24.3 Å². The van der Waals surface area contributed by atoms with Gasteiger partial charge < -0.3 is 14.4 Å². The number of carbonyl (C=O) groups is 2. The summed E-state index contributed by atoms with van der Waals surface area (Å²) in [4.78, 5) is 27.0. The quantitative estimate of drug-likeness (QED) is 0.355. The van der Waals surface area contributed by atoms with Crippen LogP contribution >= 0.6 is 0 Å². The minimum atomic E-state index is -0.678. The molecule has 0 unspecified atom stereocenters. The van der Waals surface area contributed by atoms with Crippen molar-refractivity contribution >= 4 is 11.9 Å². The van der Waals surface area contributed by atoms with E-state index in [2.05, 4.69) is 18.9 Å². The Bertz CT molecular complexity index is 620. The number of unbranched alkanes of at least 4 members (excludes halogenated alkanes) is 3. The molecule has 0 spiro atoms. The van der Waals surface area contributed by atoms with Crippen LogP contribution in [0.2, 0.25) is 0 Å². The Hall–Kier alpha value is -1.88.